The minimum absolute atomic E-state index is 0.981. The van der Waals surface area contributed by atoms with Crippen LogP contribution < -0.4 is 0 Å². The SMILES string of the molecule is CCc1cc[c]c(C)n1. The lowest BCUT2D eigenvalue weighted by atomic mass is 10.3. The van der Waals surface area contributed by atoms with Crippen LogP contribution in [0.15, 0.2) is 12.1 Å². The zero-order chi connectivity index (χ0) is 6.69. The van der Waals surface area contributed by atoms with E-state index in [1.54, 1.807) is 0 Å². The van der Waals surface area contributed by atoms with Crippen LogP contribution in [0.2, 0.25) is 0 Å². The summed E-state index contributed by atoms with van der Waals surface area (Å²) in [5.41, 5.74) is 2.13. The van der Waals surface area contributed by atoms with Gasteiger partial charge in [-0.2, -0.15) is 0 Å². The summed E-state index contributed by atoms with van der Waals surface area (Å²) in [6.45, 7) is 4.06. The van der Waals surface area contributed by atoms with Crippen LogP contribution in [0.4, 0.5) is 0 Å². The lowest BCUT2D eigenvalue weighted by Crippen LogP contribution is -1.87. The largest absolute Gasteiger partial charge is 0.258 e. The van der Waals surface area contributed by atoms with Crippen molar-refractivity contribution in [1.29, 1.82) is 0 Å². The van der Waals surface area contributed by atoms with Crippen LogP contribution in [-0.4, -0.2) is 4.98 Å². The Bertz CT molecular complexity index is 194. The second-order valence-corrected chi connectivity index (χ2v) is 2.02. The van der Waals surface area contributed by atoms with Gasteiger partial charge in [0.1, 0.15) is 0 Å². The minimum atomic E-state index is 0.981. The average Bonchev–Trinajstić information content (AvgIpc) is 1.88. The number of hydrogen-bond donors (Lipinski definition) is 0. The Morgan fingerprint density at radius 1 is 1.67 bits per heavy atom. The monoisotopic (exact) mass is 120 g/mol. The standard InChI is InChI=1S/C8H10N/c1-3-8-6-4-5-7(2)9-8/h4,6H,3H2,1-2H3. The van der Waals surface area contributed by atoms with Crippen LogP contribution in [0.3, 0.4) is 0 Å². The fourth-order valence-electron chi connectivity index (χ4n) is 0.740. The summed E-state index contributed by atoms with van der Waals surface area (Å²) < 4.78 is 0. The fraction of sp³-hybridized carbons (Fsp3) is 0.375. The average molecular weight is 120 g/mol. The van der Waals surface area contributed by atoms with Crippen LogP contribution >= 0.6 is 0 Å². The molecule has 0 aliphatic heterocycles. The predicted octanol–water partition coefficient (Wildman–Crippen LogP) is 1.75. The van der Waals surface area contributed by atoms with Gasteiger partial charge in [-0.15, -0.1) is 0 Å². The molecular formula is C8H10N. The Kier molecular flexibility index (Phi) is 1.83. The minimum Gasteiger partial charge on any atom is -0.258 e. The Balaban J connectivity index is 2.94. The van der Waals surface area contributed by atoms with E-state index in [0.29, 0.717) is 0 Å². The van der Waals surface area contributed by atoms with Crippen molar-refractivity contribution in [2.45, 2.75) is 20.3 Å². The van der Waals surface area contributed by atoms with Crippen molar-refractivity contribution in [3.8, 4) is 0 Å². The molecular weight excluding hydrogens is 110 g/mol. The highest BCUT2D eigenvalue weighted by Crippen LogP contribution is 1.96. The van der Waals surface area contributed by atoms with Crippen LogP contribution in [0.1, 0.15) is 18.3 Å². The van der Waals surface area contributed by atoms with E-state index in [1.807, 2.05) is 19.1 Å². The van der Waals surface area contributed by atoms with Crippen LogP contribution in [0, 0.1) is 13.0 Å². The molecule has 1 heteroatoms. The second kappa shape index (κ2) is 2.62. The molecule has 47 valence electrons. The van der Waals surface area contributed by atoms with Gasteiger partial charge in [0.25, 0.3) is 0 Å². The highest BCUT2D eigenvalue weighted by molar-refractivity contribution is 5.07. The summed E-state index contributed by atoms with van der Waals surface area (Å²) >= 11 is 0. The van der Waals surface area contributed by atoms with E-state index in [2.05, 4.69) is 18.0 Å². The van der Waals surface area contributed by atoms with Crippen LogP contribution in [0.5, 0.6) is 0 Å². The van der Waals surface area contributed by atoms with Gasteiger partial charge >= 0.3 is 0 Å². The molecule has 0 aliphatic rings. The number of aromatic nitrogens is 1. The lowest BCUT2D eigenvalue weighted by Gasteiger charge is -1.93. The first-order valence-corrected chi connectivity index (χ1v) is 3.17. The third-order valence-corrected chi connectivity index (χ3v) is 1.24. The summed E-state index contributed by atoms with van der Waals surface area (Å²) in [6, 6.07) is 6.91. The maximum atomic E-state index is 4.24. The maximum absolute atomic E-state index is 4.24. The Hall–Kier alpha value is -0.850. The maximum Gasteiger partial charge on any atom is 0.0454 e. The number of hydrogen-bond acceptors (Lipinski definition) is 1. The van der Waals surface area contributed by atoms with Gasteiger partial charge in [0.05, 0.1) is 0 Å². The van der Waals surface area contributed by atoms with E-state index >= 15 is 0 Å². The Labute approximate surface area is 55.7 Å². The normalized spacial score (nSPS) is 9.56. The predicted molar refractivity (Wildman–Crippen MR) is 37.2 cm³/mol. The first-order valence-electron chi connectivity index (χ1n) is 3.17. The number of pyridine rings is 1. The van der Waals surface area contributed by atoms with Gasteiger partial charge in [-0.1, -0.05) is 13.0 Å². The molecule has 9 heavy (non-hydrogen) atoms. The molecule has 1 radical (unpaired) electrons. The van der Waals surface area contributed by atoms with E-state index < -0.39 is 0 Å². The molecule has 1 aromatic rings. The molecule has 1 heterocycles. The molecule has 1 nitrogen and oxygen atoms in total. The first kappa shape index (κ1) is 6.27. The number of rotatable bonds is 1. The molecule has 0 bridgehead atoms. The second-order valence-electron chi connectivity index (χ2n) is 2.02. The fourth-order valence-corrected chi connectivity index (χ4v) is 0.740. The van der Waals surface area contributed by atoms with Crippen molar-refractivity contribution in [3.05, 3.63) is 29.6 Å². The summed E-state index contributed by atoms with van der Waals surface area (Å²) in [5, 5.41) is 0. The van der Waals surface area contributed by atoms with E-state index in [1.165, 1.54) is 0 Å². The van der Waals surface area contributed by atoms with Gasteiger partial charge < -0.3 is 0 Å². The van der Waals surface area contributed by atoms with Gasteiger partial charge in [0, 0.05) is 17.5 Å². The van der Waals surface area contributed by atoms with Crippen molar-refractivity contribution in [3.63, 3.8) is 0 Å². The third-order valence-electron chi connectivity index (χ3n) is 1.24. The van der Waals surface area contributed by atoms with Crippen LogP contribution in [0.25, 0.3) is 0 Å². The van der Waals surface area contributed by atoms with Gasteiger partial charge in [-0.05, 0) is 19.4 Å². The van der Waals surface area contributed by atoms with E-state index in [9.17, 15) is 0 Å². The zero-order valence-electron chi connectivity index (χ0n) is 5.81. The topological polar surface area (TPSA) is 12.9 Å². The molecule has 0 unspecified atom stereocenters. The number of nitrogens with zero attached hydrogens (tertiary/aromatic N) is 1. The molecule has 0 saturated carbocycles. The van der Waals surface area contributed by atoms with Crippen molar-refractivity contribution < 1.29 is 0 Å². The van der Waals surface area contributed by atoms with Crippen LogP contribution in [-0.2, 0) is 6.42 Å². The molecule has 0 aromatic carbocycles. The Morgan fingerprint density at radius 3 is 2.89 bits per heavy atom. The molecule has 0 spiro atoms. The summed E-state index contributed by atoms with van der Waals surface area (Å²) in [6.07, 6.45) is 1.01. The molecule has 0 saturated heterocycles. The third kappa shape index (κ3) is 1.53. The molecule has 0 fully saturated rings. The van der Waals surface area contributed by atoms with Gasteiger partial charge in [0.15, 0.2) is 0 Å². The van der Waals surface area contributed by atoms with E-state index in [0.717, 1.165) is 17.8 Å². The van der Waals surface area contributed by atoms with Gasteiger partial charge in [0.2, 0.25) is 0 Å². The van der Waals surface area contributed by atoms with E-state index in [-0.39, 0.29) is 0 Å². The highest BCUT2D eigenvalue weighted by Gasteiger charge is 1.87. The summed E-state index contributed by atoms with van der Waals surface area (Å²) in [5.74, 6) is 0. The Morgan fingerprint density at radius 2 is 2.44 bits per heavy atom. The van der Waals surface area contributed by atoms with Crippen molar-refractivity contribution >= 4 is 0 Å². The lowest BCUT2D eigenvalue weighted by molar-refractivity contribution is 1.00. The molecule has 0 N–H and O–H groups in total. The molecule has 1 aromatic heterocycles. The highest BCUT2D eigenvalue weighted by atomic mass is 14.7. The summed E-state index contributed by atoms with van der Waals surface area (Å²) in [4.78, 5) is 4.24. The van der Waals surface area contributed by atoms with Crippen molar-refractivity contribution in [1.82, 2.24) is 4.98 Å². The molecule has 1 rings (SSSR count). The van der Waals surface area contributed by atoms with Gasteiger partial charge in [-0.3, -0.25) is 4.98 Å². The first-order chi connectivity index (χ1) is 4.33. The quantitative estimate of drug-likeness (QED) is 0.550. The molecule has 0 aliphatic carbocycles. The van der Waals surface area contributed by atoms with Gasteiger partial charge in [-0.25, -0.2) is 0 Å². The smallest absolute Gasteiger partial charge is 0.0454 e. The van der Waals surface area contributed by atoms with Crippen molar-refractivity contribution in [2.24, 2.45) is 0 Å². The molecule has 0 atom stereocenters. The van der Waals surface area contributed by atoms with E-state index in [4.69, 9.17) is 0 Å². The zero-order valence-corrected chi connectivity index (χ0v) is 5.81. The van der Waals surface area contributed by atoms with Crippen molar-refractivity contribution in [2.75, 3.05) is 0 Å². The number of aryl methyl sites for hydroxylation is 2. The molecule has 0 amide bonds. The summed E-state index contributed by atoms with van der Waals surface area (Å²) in [7, 11) is 0.